The Hall–Kier alpha value is -3.33. The van der Waals surface area contributed by atoms with E-state index in [1.807, 2.05) is 30.4 Å². The highest BCUT2D eigenvalue weighted by molar-refractivity contribution is 6.99. The highest BCUT2D eigenvalue weighted by atomic mass is 28.4. The number of allylic oxidation sites excluding steroid dienone is 4. The van der Waals surface area contributed by atoms with E-state index < -0.39 is 38.2 Å². The maximum atomic E-state index is 11.3. The molecule has 2 aromatic rings. The van der Waals surface area contributed by atoms with Gasteiger partial charge < -0.3 is 24.5 Å². The van der Waals surface area contributed by atoms with Crippen LogP contribution in [0.1, 0.15) is 40.5 Å². The summed E-state index contributed by atoms with van der Waals surface area (Å²) in [5, 5.41) is 33.8. The van der Waals surface area contributed by atoms with Crippen molar-refractivity contribution in [2.24, 2.45) is 0 Å². The van der Waals surface area contributed by atoms with Crippen LogP contribution in [0.25, 0.3) is 0 Å². The van der Waals surface area contributed by atoms with E-state index >= 15 is 0 Å². The van der Waals surface area contributed by atoms with Crippen molar-refractivity contribution in [3.63, 3.8) is 0 Å². The number of benzene rings is 2. The van der Waals surface area contributed by atoms with Crippen LogP contribution in [-0.2, 0) is 14.0 Å². The van der Waals surface area contributed by atoms with Gasteiger partial charge in [0.25, 0.3) is 8.32 Å². The Labute approximate surface area is 251 Å². The van der Waals surface area contributed by atoms with Gasteiger partial charge in [-0.05, 0) is 28.4 Å². The number of hydrogen-bond acceptors (Lipinski definition) is 6. The number of rotatable bonds is 13. The zero-order valence-electron chi connectivity index (χ0n) is 25.0. The molecule has 3 rings (SSSR count). The molecule has 1 heterocycles. The molecule has 0 radical (unpaired) electrons. The summed E-state index contributed by atoms with van der Waals surface area (Å²) in [6.45, 7) is 8.64. The second-order valence-corrected chi connectivity index (χ2v) is 16.0. The van der Waals surface area contributed by atoms with Crippen molar-refractivity contribution in [1.29, 1.82) is 0 Å². The zero-order chi connectivity index (χ0) is 30.6. The van der Waals surface area contributed by atoms with Gasteiger partial charge in [0.2, 0.25) is 0 Å². The number of ether oxygens (including phenoxy) is 1. The maximum absolute atomic E-state index is 11.3. The largest absolute Gasteiger partial charge is 0.455 e. The fraction of sp³-hybridized carbons (Fsp3) is 0.343. The summed E-state index contributed by atoms with van der Waals surface area (Å²) in [6, 6.07) is 21.0. The maximum Gasteiger partial charge on any atom is 0.331 e. The number of esters is 1. The van der Waals surface area contributed by atoms with E-state index in [0.717, 1.165) is 0 Å². The van der Waals surface area contributed by atoms with Crippen molar-refractivity contribution >= 4 is 24.7 Å². The Morgan fingerprint density at radius 2 is 1.55 bits per heavy atom. The molecule has 0 bridgehead atoms. The Balaban J connectivity index is 1.55. The van der Waals surface area contributed by atoms with Crippen LogP contribution in [0.15, 0.2) is 121 Å². The van der Waals surface area contributed by atoms with E-state index in [4.69, 9.17) is 9.16 Å². The van der Waals surface area contributed by atoms with Crippen molar-refractivity contribution in [3.8, 4) is 0 Å². The lowest BCUT2D eigenvalue weighted by Gasteiger charge is -2.42. The van der Waals surface area contributed by atoms with Crippen molar-refractivity contribution in [2.75, 3.05) is 6.61 Å². The topological polar surface area (TPSA) is 96.2 Å². The molecule has 0 fully saturated rings. The minimum absolute atomic E-state index is 0.0613. The van der Waals surface area contributed by atoms with Crippen molar-refractivity contribution in [1.82, 2.24) is 0 Å². The summed E-state index contributed by atoms with van der Waals surface area (Å²) < 4.78 is 12.0. The molecule has 224 valence electrons. The zero-order valence-corrected chi connectivity index (χ0v) is 26.0. The van der Waals surface area contributed by atoms with Gasteiger partial charge in [-0.25, -0.2) is 4.79 Å². The van der Waals surface area contributed by atoms with Crippen LogP contribution < -0.4 is 10.4 Å². The van der Waals surface area contributed by atoms with Crippen molar-refractivity contribution < 1.29 is 29.3 Å². The lowest BCUT2D eigenvalue weighted by atomic mass is 9.93. The first-order valence-electron chi connectivity index (χ1n) is 14.4. The summed E-state index contributed by atoms with van der Waals surface area (Å²) >= 11 is 0. The predicted molar refractivity (Wildman–Crippen MR) is 171 cm³/mol. The molecule has 0 aliphatic carbocycles. The number of aliphatic hydroxyl groups excluding tert-OH is 2. The fourth-order valence-corrected chi connectivity index (χ4v) is 9.50. The van der Waals surface area contributed by atoms with E-state index in [9.17, 15) is 20.1 Å². The average molecular weight is 589 g/mol. The van der Waals surface area contributed by atoms with Gasteiger partial charge in [-0.3, -0.25) is 0 Å². The lowest BCUT2D eigenvalue weighted by molar-refractivity contribution is -0.141. The molecular formula is C35H44O6Si. The molecule has 7 heteroatoms. The molecule has 0 saturated carbocycles. The summed E-state index contributed by atoms with van der Waals surface area (Å²) in [7, 11) is -2.59. The summed E-state index contributed by atoms with van der Waals surface area (Å²) in [6.07, 6.45) is 14.6. The quantitative estimate of drug-likeness (QED) is 0.138. The molecular weight excluding hydrogens is 544 g/mol. The molecule has 3 N–H and O–H groups in total. The number of hydrogen-bond donors (Lipinski definition) is 3. The molecule has 4 atom stereocenters. The second kappa shape index (κ2) is 15.2. The standard InChI is InChI=1S/C35H44O6Si/c1-34(2,3)42(30-19-11-8-12-20-30,31-21-13-9-14-22-31)40-26-15-7-5-6-10-17-28(36)27-32(37)35(4,39)25-24-29-18-16-23-33(38)41-29/h5-17,19-25,28-29,32,36-37,39H,18,26-27H2,1-4H3/b6-5-,15-7+,17-10-,25-24?/t28-,29+,32+,35+/m0/s1. The fourth-order valence-electron chi connectivity index (χ4n) is 5.00. The van der Waals surface area contributed by atoms with Crippen LogP contribution in [0, 0.1) is 0 Å². The second-order valence-electron chi connectivity index (χ2n) is 11.7. The first-order valence-corrected chi connectivity index (χ1v) is 16.3. The molecule has 42 heavy (non-hydrogen) atoms. The third-order valence-corrected chi connectivity index (χ3v) is 12.3. The van der Waals surface area contributed by atoms with E-state index in [1.165, 1.54) is 29.4 Å². The van der Waals surface area contributed by atoms with E-state index in [1.54, 1.807) is 30.4 Å². The Bertz CT molecular complexity index is 1230. The van der Waals surface area contributed by atoms with Gasteiger partial charge in [-0.2, -0.15) is 0 Å². The molecule has 6 nitrogen and oxygen atoms in total. The van der Waals surface area contributed by atoms with Gasteiger partial charge >= 0.3 is 5.97 Å². The van der Waals surface area contributed by atoms with Crippen LogP contribution in [0.2, 0.25) is 5.04 Å². The first-order chi connectivity index (χ1) is 20.0. The number of cyclic esters (lactones) is 1. The van der Waals surface area contributed by atoms with Gasteiger partial charge in [0.05, 0.1) is 18.8 Å². The van der Waals surface area contributed by atoms with Crippen LogP contribution >= 0.6 is 0 Å². The number of carbonyl (C=O) groups is 1. The van der Waals surface area contributed by atoms with Crippen LogP contribution in [0.3, 0.4) is 0 Å². The van der Waals surface area contributed by atoms with Crippen molar-refractivity contribution in [3.05, 3.63) is 121 Å². The molecule has 2 aromatic carbocycles. The van der Waals surface area contributed by atoms with Crippen LogP contribution in [0.5, 0.6) is 0 Å². The lowest BCUT2D eigenvalue weighted by Crippen LogP contribution is -2.66. The molecule has 0 saturated heterocycles. The number of aliphatic hydroxyl groups is 3. The Morgan fingerprint density at radius 1 is 0.952 bits per heavy atom. The summed E-state index contributed by atoms with van der Waals surface area (Å²) in [5.41, 5.74) is -1.59. The third-order valence-electron chi connectivity index (χ3n) is 7.29. The number of carbonyl (C=O) groups excluding carboxylic acids is 1. The average Bonchev–Trinajstić information content (AvgIpc) is 2.95. The summed E-state index contributed by atoms with van der Waals surface area (Å²) in [4.78, 5) is 11.3. The Kier molecular flexibility index (Phi) is 12.0. The summed E-state index contributed by atoms with van der Waals surface area (Å²) in [5.74, 6) is -0.439. The van der Waals surface area contributed by atoms with E-state index in [2.05, 4.69) is 69.3 Å². The monoisotopic (exact) mass is 588 g/mol. The molecule has 0 amide bonds. The first kappa shape index (κ1) is 33.2. The van der Waals surface area contributed by atoms with Crippen LogP contribution in [-0.4, -0.2) is 60.1 Å². The predicted octanol–water partition coefficient (Wildman–Crippen LogP) is 4.52. The molecule has 0 unspecified atom stereocenters. The minimum atomic E-state index is -2.59. The molecule has 0 spiro atoms. The normalized spacial score (nSPS) is 19.5. The minimum Gasteiger partial charge on any atom is -0.455 e. The van der Waals surface area contributed by atoms with Gasteiger partial charge in [0.15, 0.2) is 0 Å². The molecule has 1 aliphatic rings. The van der Waals surface area contributed by atoms with Gasteiger partial charge in [0.1, 0.15) is 11.7 Å². The van der Waals surface area contributed by atoms with Gasteiger partial charge in [0, 0.05) is 18.9 Å². The Morgan fingerprint density at radius 3 is 2.12 bits per heavy atom. The third kappa shape index (κ3) is 9.08. The van der Waals surface area contributed by atoms with Gasteiger partial charge in [-0.15, -0.1) is 0 Å². The van der Waals surface area contributed by atoms with Gasteiger partial charge in [-0.1, -0.05) is 130 Å². The highest BCUT2D eigenvalue weighted by Crippen LogP contribution is 2.36. The van der Waals surface area contributed by atoms with Crippen molar-refractivity contribution in [2.45, 2.75) is 69.5 Å². The SMILES string of the molecule is CC(C)(C)[Si](OC/C=C/C=C\C=C/[C@H](O)C[C@@H](O)[C@](C)(O)C=C[C@H]1CC=CC(=O)O1)(c1ccccc1)c1ccccc1. The van der Waals surface area contributed by atoms with Crippen LogP contribution in [0.4, 0.5) is 0 Å². The smallest absolute Gasteiger partial charge is 0.331 e. The molecule has 1 aliphatic heterocycles. The molecule has 0 aromatic heterocycles. The van der Waals surface area contributed by atoms with E-state index in [-0.39, 0.29) is 11.5 Å². The van der Waals surface area contributed by atoms with E-state index in [0.29, 0.717) is 13.0 Å². The highest BCUT2D eigenvalue weighted by Gasteiger charge is 2.49.